The highest BCUT2D eigenvalue weighted by molar-refractivity contribution is 6.12. The molecule has 9 amide bonds. The first kappa shape index (κ1) is 70.8. The van der Waals surface area contributed by atoms with Crippen LogP contribution in [0.15, 0.2) is 42.5 Å². The van der Waals surface area contributed by atoms with Gasteiger partial charge < -0.3 is 33.9 Å². The molecule has 3 aliphatic heterocycles. The van der Waals surface area contributed by atoms with Gasteiger partial charge in [0.15, 0.2) is 0 Å². The molecule has 0 aromatic heterocycles. The normalized spacial score (nSPS) is 18.8. The summed E-state index contributed by atoms with van der Waals surface area (Å²) in [5.74, 6) is -5.33. The summed E-state index contributed by atoms with van der Waals surface area (Å²) in [5, 5.41) is 7.06. The van der Waals surface area contributed by atoms with E-state index in [9.17, 15) is 43.2 Å². The molecule has 84 heavy (non-hydrogen) atoms. The number of amides is 9. The third-order valence-corrected chi connectivity index (χ3v) is 15.9. The van der Waals surface area contributed by atoms with E-state index in [4.69, 9.17) is 28.5 Å². The highest BCUT2D eigenvalue weighted by atomic mass is 16.7. The molecule has 0 saturated carbocycles. The predicted molar refractivity (Wildman–Crippen MR) is 311 cm³/mol. The second-order valence-corrected chi connectivity index (χ2v) is 22.7. The lowest BCUT2D eigenvalue weighted by Crippen LogP contribution is -2.61. The van der Waals surface area contributed by atoms with Gasteiger partial charge in [-0.2, -0.15) is 0 Å². The molecule has 0 spiro atoms. The topological polar surface area (TPSA) is 273 Å². The molecule has 1 aromatic carbocycles. The Morgan fingerprint density at radius 1 is 0.738 bits per heavy atom. The number of carbonyl (C=O) groups excluding carboxylic acids is 9. The maximum absolute atomic E-state index is 14.7. The van der Waals surface area contributed by atoms with Crippen molar-refractivity contribution in [3.05, 3.63) is 48.0 Å². The Labute approximate surface area is 496 Å². The van der Waals surface area contributed by atoms with Crippen molar-refractivity contribution in [2.75, 3.05) is 87.6 Å². The lowest BCUT2D eigenvalue weighted by molar-refractivity contribution is -0.199. The van der Waals surface area contributed by atoms with Crippen molar-refractivity contribution in [3.63, 3.8) is 0 Å². The lowest BCUT2D eigenvalue weighted by atomic mass is 9.87. The van der Waals surface area contributed by atoms with Crippen LogP contribution >= 0.6 is 0 Å². The number of methoxy groups -OCH3 is 2. The number of nitrogens with one attached hydrogen (secondary N) is 4. The van der Waals surface area contributed by atoms with E-state index < -0.39 is 84.1 Å². The molecular formula is C60H97N9O15. The fourth-order valence-electron chi connectivity index (χ4n) is 11.3. The van der Waals surface area contributed by atoms with Gasteiger partial charge in [0.05, 0.1) is 95.3 Å². The fourth-order valence-corrected chi connectivity index (χ4v) is 11.3. The molecule has 3 heterocycles. The standard InChI is InChI=1S/C60H97N9O15/c1-13-21-47(70)63-64-48(71)27-32-83-52(38-82-35-34-81-33-30-68-49(72)25-26-50(68)73)65(9)53(39(3)4)58(76)62-59(77)54(40(5)6)66(10)55(41(7)14-2)46(79-11)37-51(74)67-28-20-24-45(67)56(80-12)42(8)57(75)61-44(36-43-22-16-15-17-23-43)60(78)69-29-18-19-31-84-69/h15-17,22-23,25-26,39-42,44-46,52-56H,13-14,18-21,24,27-38H2,1-12H3,(H,61,75)(H,63,70)(H,64,71)(H,62,76,77)/t41-,42+,44-,45-,46+,52?,53-,54-,55-,56+/m0/s1. The highest BCUT2D eigenvalue weighted by Gasteiger charge is 2.45. The van der Waals surface area contributed by atoms with Crippen LogP contribution in [0.4, 0.5) is 0 Å². The third kappa shape index (κ3) is 21.1. The zero-order valence-electron chi connectivity index (χ0n) is 51.8. The second kappa shape index (κ2) is 36.3. The summed E-state index contributed by atoms with van der Waals surface area (Å²) >= 11 is 0. The predicted octanol–water partition coefficient (Wildman–Crippen LogP) is 2.92. The van der Waals surface area contributed by atoms with E-state index in [2.05, 4.69) is 21.5 Å². The summed E-state index contributed by atoms with van der Waals surface area (Å²) < 4.78 is 30.0. The molecule has 24 heteroatoms. The largest absolute Gasteiger partial charge is 0.379 e. The number of hydrogen-bond acceptors (Lipinski definition) is 17. The number of carbonyl (C=O) groups is 9. The number of ether oxygens (including phenoxy) is 5. The van der Waals surface area contributed by atoms with Crippen molar-refractivity contribution in [2.24, 2.45) is 23.7 Å². The average Bonchev–Trinajstić information content (AvgIpc) is 3.63. The van der Waals surface area contributed by atoms with E-state index in [-0.39, 0.29) is 107 Å². The summed E-state index contributed by atoms with van der Waals surface area (Å²) in [6.45, 7) is 16.4. The van der Waals surface area contributed by atoms with E-state index in [1.54, 1.807) is 37.9 Å². The van der Waals surface area contributed by atoms with Gasteiger partial charge in [0.1, 0.15) is 12.3 Å². The third-order valence-electron chi connectivity index (χ3n) is 15.9. The molecule has 3 aliphatic rings. The van der Waals surface area contributed by atoms with Gasteiger partial charge in [-0.1, -0.05) is 92.1 Å². The number of hydrazine groups is 1. The molecule has 0 bridgehead atoms. The molecule has 4 rings (SSSR count). The number of rotatable bonds is 36. The minimum absolute atomic E-state index is 0.0541. The van der Waals surface area contributed by atoms with Crippen molar-refractivity contribution in [1.82, 2.24) is 46.1 Å². The Morgan fingerprint density at radius 2 is 1.37 bits per heavy atom. The van der Waals surface area contributed by atoms with Crippen LogP contribution in [0.5, 0.6) is 0 Å². The monoisotopic (exact) mass is 1180 g/mol. The molecule has 2 fully saturated rings. The Bertz CT molecular complexity index is 2300. The second-order valence-electron chi connectivity index (χ2n) is 22.7. The molecule has 0 aliphatic carbocycles. The van der Waals surface area contributed by atoms with E-state index in [1.165, 1.54) is 24.3 Å². The SMILES string of the molecule is CCCC(=O)NNC(=O)CCOC(COCCOCCN1C(=O)C=CC1=O)N(C)[C@H](C(=O)NC(=O)[C@H](C(C)C)N(C)[C@@H]([C@@H](C)CC)[C@@H](CC(=O)N1CCC[C@H]1[C@H](OC)[C@@H](C)C(=O)N[C@@H](Cc1ccccc1)C(=O)N1CCCCO1)OC)C(C)C. The van der Waals surface area contributed by atoms with Crippen LogP contribution in [-0.2, 0) is 78.1 Å². The summed E-state index contributed by atoms with van der Waals surface area (Å²) in [7, 11) is 6.52. The van der Waals surface area contributed by atoms with E-state index in [0.29, 0.717) is 45.4 Å². The molecular weight excluding hydrogens is 1090 g/mol. The maximum atomic E-state index is 14.7. The Hall–Kier alpha value is -5.73. The molecule has 2 saturated heterocycles. The zero-order valence-corrected chi connectivity index (χ0v) is 51.8. The number of hydrogen-bond donors (Lipinski definition) is 4. The van der Waals surface area contributed by atoms with E-state index in [0.717, 1.165) is 23.3 Å². The minimum Gasteiger partial charge on any atom is -0.379 e. The molecule has 10 atom stereocenters. The summed E-state index contributed by atoms with van der Waals surface area (Å²) in [4.78, 5) is 133. The van der Waals surface area contributed by atoms with Gasteiger partial charge in [0.2, 0.25) is 35.4 Å². The van der Waals surface area contributed by atoms with Crippen molar-refractivity contribution in [1.29, 1.82) is 0 Å². The van der Waals surface area contributed by atoms with Gasteiger partial charge >= 0.3 is 0 Å². The number of likely N-dealkylation sites (N-methyl/N-ethyl adjacent to an activating group) is 2. The van der Waals surface area contributed by atoms with Gasteiger partial charge in [-0.05, 0) is 69.5 Å². The summed E-state index contributed by atoms with van der Waals surface area (Å²) in [6, 6.07) is 5.78. The van der Waals surface area contributed by atoms with Gasteiger partial charge in [-0.3, -0.25) is 78.9 Å². The van der Waals surface area contributed by atoms with Crippen LogP contribution in [0.2, 0.25) is 0 Å². The van der Waals surface area contributed by atoms with Crippen LogP contribution in [0.25, 0.3) is 0 Å². The number of benzene rings is 1. The fraction of sp³-hybridized carbons (Fsp3) is 0.717. The quantitative estimate of drug-likeness (QED) is 0.0326. The van der Waals surface area contributed by atoms with Crippen molar-refractivity contribution in [3.8, 4) is 0 Å². The lowest BCUT2D eigenvalue weighted by Gasteiger charge is -2.43. The van der Waals surface area contributed by atoms with Crippen LogP contribution in [0.3, 0.4) is 0 Å². The van der Waals surface area contributed by atoms with Gasteiger partial charge in [0, 0.05) is 58.3 Å². The highest BCUT2D eigenvalue weighted by Crippen LogP contribution is 2.31. The van der Waals surface area contributed by atoms with E-state index >= 15 is 0 Å². The van der Waals surface area contributed by atoms with Crippen molar-refractivity contribution in [2.45, 2.75) is 168 Å². The van der Waals surface area contributed by atoms with Crippen LogP contribution in [-0.4, -0.2) is 214 Å². The first-order valence-electron chi connectivity index (χ1n) is 29.9. The Balaban J connectivity index is 1.47. The van der Waals surface area contributed by atoms with Gasteiger partial charge in [-0.15, -0.1) is 0 Å². The van der Waals surface area contributed by atoms with Crippen molar-refractivity contribution < 1.29 is 71.7 Å². The number of imide groups is 2. The average molecular weight is 1180 g/mol. The molecule has 472 valence electrons. The zero-order chi connectivity index (χ0) is 62.0. The number of nitrogens with zero attached hydrogens (tertiary/aromatic N) is 5. The first-order chi connectivity index (χ1) is 40.1. The van der Waals surface area contributed by atoms with Crippen LogP contribution < -0.4 is 21.5 Å². The molecule has 0 radical (unpaired) electrons. The smallest absolute Gasteiger partial charge is 0.269 e. The molecule has 1 aromatic rings. The van der Waals surface area contributed by atoms with Crippen LogP contribution in [0, 0.1) is 23.7 Å². The molecule has 4 N–H and O–H groups in total. The summed E-state index contributed by atoms with van der Waals surface area (Å²) in [6.07, 6.45) is 4.49. The first-order valence-corrected chi connectivity index (χ1v) is 29.9. The van der Waals surface area contributed by atoms with E-state index in [1.807, 2.05) is 83.7 Å². The Morgan fingerprint density at radius 3 is 1.95 bits per heavy atom. The van der Waals surface area contributed by atoms with Gasteiger partial charge in [-0.25, -0.2) is 5.06 Å². The minimum atomic E-state index is -0.955. The van der Waals surface area contributed by atoms with Crippen molar-refractivity contribution >= 4 is 53.2 Å². The molecule has 1 unspecified atom stereocenters. The van der Waals surface area contributed by atoms with Crippen LogP contribution in [0.1, 0.15) is 119 Å². The van der Waals surface area contributed by atoms with Gasteiger partial charge in [0.25, 0.3) is 17.7 Å². The Kier molecular flexibility index (Phi) is 30.6. The number of hydroxylamine groups is 2. The molecule has 24 nitrogen and oxygen atoms in total. The number of likely N-dealkylation sites (tertiary alicyclic amines) is 1. The maximum Gasteiger partial charge on any atom is 0.269 e. The summed E-state index contributed by atoms with van der Waals surface area (Å²) in [5.41, 5.74) is 5.62.